The monoisotopic (exact) mass is 644 g/mol. The van der Waals surface area contributed by atoms with Crippen molar-refractivity contribution in [2.24, 2.45) is 0 Å². The van der Waals surface area contributed by atoms with E-state index >= 15 is 0 Å². The van der Waals surface area contributed by atoms with Gasteiger partial charge in [-0.3, -0.25) is 9.59 Å². The van der Waals surface area contributed by atoms with E-state index < -0.39 is 29.6 Å². The minimum absolute atomic E-state index is 0.0201. The van der Waals surface area contributed by atoms with Gasteiger partial charge in [0.15, 0.2) is 11.9 Å². The molecule has 0 aliphatic carbocycles. The molecule has 1 fully saturated rings. The summed E-state index contributed by atoms with van der Waals surface area (Å²) in [7, 11) is 1.73. The van der Waals surface area contributed by atoms with Crippen molar-refractivity contribution in [1.82, 2.24) is 9.88 Å². The second-order valence-electron chi connectivity index (χ2n) is 11.2. The third-order valence-corrected chi connectivity index (χ3v) is 8.84. The van der Waals surface area contributed by atoms with E-state index in [0.29, 0.717) is 17.7 Å². The number of benzene rings is 3. The highest BCUT2D eigenvalue weighted by Crippen LogP contribution is 2.38. The molecule has 12 heteroatoms. The molecule has 3 aromatic carbocycles. The van der Waals surface area contributed by atoms with Crippen LogP contribution >= 0.6 is 11.6 Å². The Kier molecular flexibility index (Phi) is 8.96. The summed E-state index contributed by atoms with van der Waals surface area (Å²) in [6.07, 6.45) is 6.81. The van der Waals surface area contributed by atoms with E-state index in [1.807, 2.05) is 18.2 Å². The van der Waals surface area contributed by atoms with Crippen LogP contribution < -0.4 is 14.8 Å². The predicted octanol–water partition coefficient (Wildman–Crippen LogP) is 4.84. The number of halogens is 2. The third kappa shape index (κ3) is 6.16. The van der Waals surface area contributed by atoms with Gasteiger partial charge in [-0.2, -0.15) is 8.96 Å². The zero-order valence-electron chi connectivity index (χ0n) is 25.0. The summed E-state index contributed by atoms with van der Waals surface area (Å²) >= 11 is 6.00. The summed E-state index contributed by atoms with van der Waals surface area (Å²) < 4.78 is 21.8. The first kappa shape index (κ1) is 31.1. The lowest BCUT2D eigenvalue weighted by atomic mass is 9.89. The van der Waals surface area contributed by atoms with Crippen LogP contribution in [-0.4, -0.2) is 65.6 Å². The number of fused-ring (bicyclic) bond motifs is 1. The second-order valence-corrected chi connectivity index (χ2v) is 11.6. The topological polar surface area (TPSA) is 116 Å². The molecule has 2 N–H and O–H groups in total. The summed E-state index contributed by atoms with van der Waals surface area (Å²) in [5.74, 6) is -2.69. The minimum atomic E-state index is -1.08. The molecular formula is C34H32ClFN5O5+. The number of carbonyl (C=O) groups excluding carboxylic acids is 2. The Morgan fingerprint density at radius 1 is 1.04 bits per heavy atom. The first-order valence-electron chi connectivity index (χ1n) is 14.9. The van der Waals surface area contributed by atoms with Crippen LogP contribution in [0.2, 0.25) is 5.02 Å². The van der Waals surface area contributed by atoms with Gasteiger partial charge in [-0.05, 0) is 66.8 Å². The molecule has 2 aliphatic rings. The summed E-state index contributed by atoms with van der Waals surface area (Å²) in [6, 6.07) is 15.2. The maximum Gasteiger partial charge on any atom is 0.335 e. The summed E-state index contributed by atoms with van der Waals surface area (Å²) in [4.78, 5) is 47.6. The van der Waals surface area contributed by atoms with Crippen LogP contribution in [0.5, 0.6) is 0 Å². The van der Waals surface area contributed by atoms with Crippen LogP contribution in [0.3, 0.4) is 0 Å². The number of nitrogens with zero attached hydrogens (tertiary/aromatic N) is 4. The van der Waals surface area contributed by atoms with E-state index in [1.165, 1.54) is 64.5 Å². The molecule has 0 radical (unpaired) electrons. The molecule has 10 nitrogen and oxygen atoms in total. The van der Waals surface area contributed by atoms with E-state index in [1.54, 1.807) is 13.2 Å². The van der Waals surface area contributed by atoms with Gasteiger partial charge in [0.25, 0.3) is 11.8 Å². The number of piperidine rings is 1. The average Bonchev–Trinajstić information content (AvgIpc) is 3.08. The Balaban J connectivity index is 1.36. The number of hydrogen-bond acceptors (Lipinski definition) is 6. The Labute approximate surface area is 270 Å². The van der Waals surface area contributed by atoms with Crippen molar-refractivity contribution >= 4 is 40.8 Å². The molecule has 1 unspecified atom stereocenters. The van der Waals surface area contributed by atoms with Crippen molar-refractivity contribution in [1.29, 1.82) is 0 Å². The van der Waals surface area contributed by atoms with Crippen LogP contribution in [0.4, 0.5) is 15.8 Å². The fourth-order valence-electron chi connectivity index (χ4n) is 6.18. The van der Waals surface area contributed by atoms with Crippen LogP contribution in [0, 0.1) is 5.82 Å². The number of methoxy groups -OCH3 is 1. The highest BCUT2D eigenvalue weighted by molar-refractivity contribution is 6.30. The molecular weight excluding hydrogens is 613 g/mol. The predicted molar refractivity (Wildman–Crippen MR) is 169 cm³/mol. The lowest BCUT2D eigenvalue weighted by Gasteiger charge is -2.40. The van der Waals surface area contributed by atoms with Gasteiger partial charge in [-0.25, -0.2) is 9.78 Å². The zero-order chi connectivity index (χ0) is 32.4. The first-order valence-corrected chi connectivity index (χ1v) is 15.3. The lowest BCUT2D eigenvalue weighted by molar-refractivity contribution is -0.598. The number of anilines is 2. The summed E-state index contributed by atoms with van der Waals surface area (Å²) in [5, 5.41) is 12.1. The molecule has 236 valence electrons. The molecule has 1 saturated heterocycles. The third-order valence-electron chi connectivity index (χ3n) is 8.55. The van der Waals surface area contributed by atoms with Gasteiger partial charge in [0.05, 0.1) is 22.9 Å². The zero-order valence-corrected chi connectivity index (χ0v) is 25.8. The van der Waals surface area contributed by atoms with Gasteiger partial charge in [-0.1, -0.05) is 29.8 Å². The number of carboxylic acids is 1. The van der Waals surface area contributed by atoms with E-state index in [2.05, 4.69) is 15.2 Å². The van der Waals surface area contributed by atoms with Crippen LogP contribution in [0.15, 0.2) is 79.3 Å². The van der Waals surface area contributed by atoms with E-state index in [9.17, 15) is 23.9 Å². The van der Waals surface area contributed by atoms with Crippen molar-refractivity contribution in [3.8, 4) is 5.69 Å². The Hall–Kier alpha value is -4.87. The van der Waals surface area contributed by atoms with Gasteiger partial charge < -0.3 is 25.0 Å². The van der Waals surface area contributed by atoms with Gasteiger partial charge in [0, 0.05) is 44.2 Å². The van der Waals surface area contributed by atoms with Crippen molar-refractivity contribution in [2.75, 3.05) is 37.0 Å². The molecule has 2 amide bonds. The molecule has 6 rings (SSSR count). The van der Waals surface area contributed by atoms with Crippen molar-refractivity contribution < 1.29 is 33.2 Å². The highest BCUT2D eigenvalue weighted by Gasteiger charge is 2.39. The molecule has 46 heavy (non-hydrogen) atoms. The molecule has 1 aromatic heterocycles. The van der Waals surface area contributed by atoms with E-state index in [-0.39, 0.29) is 34.6 Å². The smallest absolute Gasteiger partial charge is 0.335 e. The number of amides is 2. The van der Waals surface area contributed by atoms with Crippen molar-refractivity contribution in [3.63, 3.8) is 0 Å². The summed E-state index contributed by atoms with van der Waals surface area (Å²) in [6.45, 7) is 1.84. The van der Waals surface area contributed by atoms with Crippen LogP contribution in [-0.2, 0) is 16.0 Å². The number of nitrogens with one attached hydrogen (secondary N) is 1. The molecule has 4 aromatic rings. The molecule has 1 atom stereocenters. The number of hydrogen-bond donors (Lipinski definition) is 2. The number of carbonyl (C=O) groups is 3. The number of aromatic nitrogens is 2. The minimum Gasteiger partial charge on any atom is -0.478 e. The van der Waals surface area contributed by atoms with Crippen LogP contribution in [0.25, 0.3) is 5.69 Å². The number of ether oxygens (including phenoxy) is 1. The summed E-state index contributed by atoms with van der Waals surface area (Å²) in [5.41, 5.74) is 3.34. The average molecular weight is 645 g/mol. The number of aromatic carboxylic acids is 1. The largest absolute Gasteiger partial charge is 0.478 e. The van der Waals surface area contributed by atoms with E-state index in [0.717, 1.165) is 37.2 Å². The first-order chi connectivity index (χ1) is 22.2. The molecule has 2 aliphatic heterocycles. The Bertz CT molecular complexity index is 1800. The molecule has 0 saturated carbocycles. The second kappa shape index (κ2) is 13.2. The van der Waals surface area contributed by atoms with Gasteiger partial charge in [-0.15, -0.1) is 0 Å². The molecule has 3 heterocycles. The lowest BCUT2D eigenvalue weighted by Crippen LogP contribution is -2.47. The Morgan fingerprint density at radius 2 is 1.78 bits per heavy atom. The quantitative estimate of drug-likeness (QED) is 0.277. The van der Waals surface area contributed by atoms with Gasteiger partial charge >= 0.3 is 5.97 Å². The molecule has 0 spiro atoms. The Morgan fingerprint density at radius 3 is 2.50 bits per heavy atom. The normalized spacial score (nSPS) is 16.5. The SMILES string of the molecule is COC1CCN(c2cccc3c2CCN(C(=O)c2c[n+](-c4cccc(Cl)c4F)ccn2)C3C(=O)Nc2ccc(C(=O)O)cc2)CC1. The highest BCUT2D eigenvalue weighted by atomic mass is 35.5. The van der Waals surface area contributed by atoms with E-state index in [4.69, 9.17) is 16.3 Å². The van der Waals surface area contributed by atoms with Gasteiger partial charge in [0.1, 0.15) is 6.04 Å². The fourth-order valence-corrected chi connectivity index (χ4v) is 6.35. The van der Waals surface area contributed by atoms with Gasteiger partial charge in [0.2, 0.25) is 17.7 Å². The fraction of sp³-hybridized carbons (Fsp3) is 0.265. The number of rotatable bonds is 7. The molecule has 0 bridgehead atoms. The maximum absolute atomic E-state index is 14.9. The number of carboxylic acid groups (broad SMARTS) is 1. The van der Waals surface area contributed by atoms with Crippen molar-refractivity contribution in [2.45, 2.75) is 31.4 Å². The van der Waals surface area contributed by atoms with Crippen molar-refractivity contribution in [3.05, 3.63) is 112 Å². The van der Waals surface area contributed by atoms with Crippen LogP contribution in [0.1, 0.15) is 50.9 Å². The standard InChI is InChI=1S/C34H31ClFN5O5/c1-46-23-12-16-39(17-13-23)28-6-2-4-25-24(28)14-18-41(31(25)32(42)38-22-10-8-21(9-11-22)34(44)45)33(43)27-20-40(19-15-37-27)29-7-3-5-26(35)30(29)36/h2-11,15,19-20,23,31H,12-14,16-18H2,1H3,(H-,38,42,44,45)/p+1. The maximum atomic E-state index is 14.9.